The van der Waals surface area contributed by atoms with Crippen LogP contribution in [0.2, 0.25) is 0 Å². The van der Waals surface area contributed by atoms with Crippen molar-refractivity contribution in [1.29, 1.82) is 0 Å². The molecule has 10 heteroatoms. The number of carbonyl (C=O) groups excluding carboxylic acids is 2. The number of thioether (sulfide) groups is 1. The monoisotopic (exact) mass is 402 g/mol. The van der Waals surface area contributed by atoms with Crippen molar-refractivity contribution in [2.24, 2.45) is 0 Å². The van der Waals surface area contributed by atoms with E-state index >= 15 is 0 Å². The van der Waals surface area contributed by atoms with E-state index < -0.39 is 5.91 Å². The SMILES string of the molecule is Cc1nc(CSCC(=O)NNC(=O)c2ccc(COc3ccccc3)o2)no1. The molecule has 0 spiro atoms. The minimum atomic E-state index is -0.557. The van der Waals surface area contributed by atoms with Crippen molar-refractivity contribution >= 4 is 23.6 Å². The van der Waals surface area contributed by atoms with Gasteiger partial charge in [-0.05, 0) is 24.3 Å². The third kappa shape index (κ3) is 5.88. The van der Waals surface area contributed by atoms with Gasteiger partial charge in [0.2, 0.25) is 11.8 Å². The largest absolute Gasteiger partial charge is 0.486 e. The summed E-state index contributed by atoms with van der Waals surface area (Å²) in [6.45, 7) is 1.88. The lowest BCUT2D eigenvalue weighted by molar-refractivity contribution is -0.119. The van der Waals surface area contributed by atoms with Gasteiger partial charge in [-0.2, -0.15) is 4.98 Å². The van der Waals surface area contributed by atoms with E-state index in [0.717, 1.165) is 0 Å². The van der Waals surface area contributed by atoms with E-state index in [1.807, 2.05) is 30.3 Å². The van der Waals surface area contributed by atoms with Crippen molar-refractivity contribution < 1.29 is 23.3 Å². The quantitative estimate of drug-likeness (QED) is 0.551. The summed E-state index contributed by atoms with van der Waals surface area (Å²) in [6.07, 6.45) is 0. The second-order valence-corrected chi connectivity index (χ2v) is 6.58. The number of aromatic nitrogens is 2. The number of hydrogen-bond acceptors (Lipinski definition) is 8. The van der Waals surface area contributed by atoms with Gasteiger partial charge < -0.3 is 13.7 Å². The maximum Gasteiger partial charge on any atom is 0.305 e. The van der Waals surface area contributed by atoms with E-state index in [-0.39, 0.29) is 24.0 Å². The summed E-state index contributed by atoms with van der Waals surface area (Å²) in [5.41, 5.74) is 4.63. The number of rotatable bonds is 8. The second kappa shape index (κ2) is 9.60. The Kier molecular flexibility index (Phi) is 6.68. The number of hydrazine groups is 1. The van der Waals surface area contributed by atoms with Crippen molar-refractivity contribution in [2.75, 3.05) is 5.75 Å². The molecule has 0 unspecified atom stereocenters. The summed E-state index contributed by atoms with van der Waals surface area (Å²) in [5.74, 6) is 1.89. The van der Waals surface area contributed by atoms with Crippen LogP contribution in [-0.4, -0.2) is 27.7 Å². The molecule has 3 rings (SSSR count). The Morgan fingerprint density at radius 3 is 2.71 bits per heavy atom. The Labute approximate surface area is 164 Å². The molecule has 0 aliphatic rings. The maximum absolute atomic E-state index is 12.0. The zero-order valence-corrected chi connectivity index (χ0v) is 15.8. The number of carbonyl (C=O) groups is 2. The summed E-state index contributed by atoms with van der Waals surface area (Å²) in [7, 11) is 0. The van der Waals surface area contributed by atoms with Gasteiger partial charge in [-0.15, -0.1) is 11.8 Å². The summed E-state index contributed by atoms with van der Waals surface area (Å²) in [4.78, 5) is 27.8. The maximum atomic E-state index is 12.0. The van der Waals surface area contributed by atoms with Crippen LogP contribution in [0.15, 0.2) is 51.4 Å². The van der Waals surface area contributed by atoms with Crippen LogP contribution in [0.25, 0.3) is 0 Å². The molecule has 0 aliphatic heterocycles. The molecule has 0 atom stereocenters. The zero-order chi connectivity index (χ0) is 19.8. The summed E-state index contributed by atoms with van der Waals surface area (Å²) in [6, 6.07) is 12.4. The van der Waals surface area contributed by atoms with Crippen LogP contribution >= 0.6 is 11.8 Å². The highest BCUT2D eigenvalue weighted by Crippen LogP contribution is 2.14. The Bertz CT molecular complexity index is 925. The molecule has 0 saturated heterocycles. The number of amides is 2. The number of benzene rings is 1. The van der Waals surface area contributed by atoms with Crippen LogP contribution in [0, 0.1) is 6.92 Å². The third-order valence-corrected chi connectivity index (χ3v) is 4.29. The van der Waals surface area contributed by atoms with Gasteiger partial charge >= 0.3 is 5.91 Å². The number of nitrogens with zero attached hydrogens (tertiary/aromatic N) is 2. The summed E-state index contributed by atoms with van der Waals surface area (Å²) >= 11 is 1.30. The first-order valence-electron chi connectivity index (χ1n) is 8.33. The molecule has 0 aliphatic carbocycles. The Morgan fingerprint density at radius 2 is 1.96 bits per heavy atom. The number of para-hydroxylation sites is 1. The normalized spacial score (nSPS) is 10.5. The molecule has 0 radical (unpaired) electrons. The molecular formula is C18H18N4O5S. The van der Waals surface area contributed by atoms with E-state index in [1.54, 1.807) is 13.0 Å². The molecule has 2 heterocycles. The molecule has 0 bridgehead atoms. The molecule has 0 fully saturated rings. The fraction of sp³-hybridized carbons (Fsp3) is 0.222. The van der Waals surface area contributed by atoms with Crippen molar-refractivity contribution in [1.82, 2.24) is 21.0 Å². The number of ether oxygens (including phenoxy) is 1. The minimum Gasteiger partial charge on any atom is -0.486 e. The zero-order valence-electron chi connectivity index (χ0n) is 15.0. The molecule has 28 heavy (non-hydrogen) atoms. The molecule has 2 aromatic heterocycles. The smallest absolute Gasteiger partial charge is 0.305 e. The van der Waals surface area contributed by atoms with Crippen LogP contribution in [-0.2, 0) is 17.2 Å². The standard InChI is InChI=1S/C18H18N4O5S/c1-12-19-16(22-27-12)10-28-11-17(23)20-21-18(24)15-8-7-14(26-15)9-25-13-5-3-2-4-6-13/h2-8H,9-11H2,1H3,(H,20,23)(H,21,24). The van der Waals surface area contributed by atoms with E-state index in [2.05, 4.69) is 21.0 Å². The average molecular weight is 402 g/mol. The van der Waals surface area contributed by atoms with Crippen LogP contribution in [0.4, 0.5) is 0 Å². The van der Waals surface area contributed by atoms with Crippen LogP contribution in [0.5, 0.6) is 5.75 Å². The van der Waals surface area contributed by atoms with E-state index in [0.29, 0.717) is 29.0 Å². The van der Waals surface area contributed by atoms with Crippen molar-refractivity contribution in [3.63, 3.8) is 0 Å². The highest BCUT2D eigenvalue weighted by molar-refractivity contribution is 7.99. The van der Waals surface area contributed by atoms with Gasteiger partial charge in [0.15, 0.2) is 11.6 Å². The lowest BCUT2D eigenvalue weighted by Crippen LogP contribution is -2.42. The second-order valence-electron chi connectivity index (χ2n) is 5.59. The van der Waals surface area contributed by atoms with Gasteiger partial charge in [0.25, 0.3) is 0 Å². The predicted molar refractivity (Wildman–Crippen MR) is 100 cm³/mol. The van der Waals surface area contributed by atoms with E-state index in [9.17, 15) is 9.59 Å². The molecule has 9 nitrogen and oxygen atoms in total. The summed E-state index contributed by atoms with van der Waals surface area (Å²) < 4.78 is 15.8. The first-order chi connectivity index (χ1) is 13.6. The Balaban J connectivity index is 1.37. The highest BCUT2D eigenvalue weighted by atomic mass is 32.2. The van der Waals surface area contributed by atoms with E-state index in [4.69, 9.17) is 13.7 Å². The molecule has 1 aromatic carbocycles. The number of nitrogens with one attached hydrogen (secondary N) is 2. The predicted octanol–water partition coefficient (Wildman–Crippen LogP) is 2.24. The first-order valence-corrected chi connectivity index (χ1v) is 9.48. The Morgan fingerprint density at radius 1 is 1.14 bits per heavy atom. The van der Waals surface area contributed by atoms with Crippen LogP contribution in [0.3, 0.4) is 0 Å². The lowest BCUT2D eigenvalue weighted by Gasteiger charge is -2.05. The molecular weight excluding hydrogens is 384 g/mol. The Hall–Kier alpha value is -3.27. The number of furan rings is 1. The molecule has 2 N–H and O–H groups in total. The van der Waals surface area contributed by atoms with Gasteiger partial charge in [0.05, 0.1) is 11.5 Å². The first kappa shape index (κ1) is 19.5. The molecule has 2 amide bonds. The molecule has 3 aromatic rings. The van der Waals surface area contributed by atoms with Gasteiger partial charge in [0, 0.05) is 6.92 Å². The van der Waals surface area contributed by atoms with E-state index in [1.165, 1.54) is 17.8 Å². The molecule has 146 valence electrons. The number of aryl methyl sites for hydroxylation is 1. The van der Waals surface area contributed by atoms with Gasteiger partial charge in [-0.3, -0.25) is 20.4 Å². The van der Waals surface area contributed by atoms with Gasteiger partial charge in [0.1, 0.15) is 18.1 Å². The van der Waals surface area contributed by atoms with Crippen molar-refractivity contribution in [2.45, 2.75) is 19.3 Å². The van der Waals surface area contributed by atoms with Crippen molar-refractivity contribution in [3.8, 4) is 5.75 Å². The fourth-order valence-corrected chi connectivity index (χ4v) is 2.77. The number of hydrogen-bond donors (Lipinski definition) is 2. The topological polar surface area (TPSA) is 119 Å². The van der Waals surface area contributed by atoms with Gasteiger partial charge in [-0.25, -0.2) is 0 Å². The van der Waals surface area contributed by atoms with Crippen LogP contribution in [0.1, 0.15) is 28.0 Å². The highest BCUT2D eigenvalue weighted by Gasteiger charge is 2.13. The van der Waals surface area contributed by atoms with Crippen LogP contribution < -0.4 is 15.6 Å². The lowest BCUT2D eigenvalue weighted by atomic mass is 10.3. The minimum absolute atomic E-state index is 0.0712. The average Bonchev–Trinajstić information content (AvgIpc) is 3.34. The van der Waals surface area contributed by atoms with Crippen molar-refractivity contribution in [3.05, 3.63) is 65.7 Å². The third-order valence-electron chi connectivity index (χ3n) is 3.36. The molecule has 0 saturated carbocycles. The fourth-order valence-electron chi connectivity index (χ4n) is 2.11. The van der Waals surface area contributed by atoms with Gasteiger partial charge in [-0.1, -0.05) is 23.4 Å². The summed E-state index contributed by atoms with van der Waals surface area (Å²) in [5, 5.41) is 3.73.